The van der Waals surface area contributed by atoms with Crippen molar-refractivity contribution >= 4 is 29.3 Å². The molecule has 176 valence electrons. The molecule has 4 aromatic rings. The summed E-state index contributed by atoms with van der Waals surface area (Å²) >= 11 is 1.86. The van der Waals surface area contributed by atoms with E-state index in [1.54, 1.807) is 6.20 Å². The van der Waals surface area contributed by atoms with Crippen LogP contribution >= 0.6 is 11.8 Å². The molecule has 1 aliphatic heterocycles. The molecule has 1 aromatic carbocycles. The number of hydrogen-bond donors (Lipinski definition) is 3. The molecule has 1 atom stereocenters. The maximum absolute atomic E-state index is 12.8. The number of benzene rings is 1. The highest BCUT2D eigenvalue weighted by atomic mass is 32.2. The van der Waals surface area contributed by atoms with Crippen molar-refractivity contribution in [2.24, 2.45) is 0 Å². The zero-order chi connectivity index (χ0) is 24.4. The van der Waals surface area contributed by atoms with Crippen LogP contribution in [0.4, 0.5) is 11.6 Å². The van der Waals surface area contributed by atoms with Crippen LogP contribution in [0, 0.1) is 18.3 Å². The van der Waals surface area contributed by atoms with E-state index in [1.807, 2.05) is 65.8 Å². The summed E-state index contributed by atoms with van der Waals surface area (Å²) in [6.07, 6.45) is 3.17. The van der Waals surface area contributed by atoms with Crippen LogP contribution in [0.15, 0.2) is 48.8 Å². The van der Waals surface area contributed by atoms with E-state index in [0.29, 0.717) is 11.4 Å². The minimum absolute atomic E-state index is 0.0345. The number of H-pyrrole nitrogens is 1. The number of nitriles is 1. The highest BCUT2D eigenvalue weighted by Crippen LogP contribution is 2.46. The summed E-state index contributed by atoms with van der Waals surface area (Å²) in [6, 6.07) is 13.6. The van der Waals surface area contributed by atoms with E-state index in [9.17, 15) is 4.79 Å². The highest BCUT2D eigenvalue weighted by Gasteiger charge is 2.31. The lowest BCUT2D eigenvalue weighted by Gasteiger charge is -2.19. The molecule has 1 unspecified atom stereocenters. The number of nitrogens with one attached hydrogen (secondary N) is 3. The first kappa shape index (κ1) is 22.7. The van der Waals surface area contributed by atoms with Crippen molar-refractivity contribution in [2.45, 2.75) is 25.6 Å². The van der Waals surface area contributed by atoms with Crippen LogP contribution in [0.25, 0.3) is 11.4 Å². The first-order chi connectivity index (χ1) is 17.1. The van der Waals surface area contributed by atoms with Crippen LogP contribution in [0.5, 0.6) is 0 Å². The van der Waals surface area contributed by atoms with E-state index in [1.165, 1.54) is 6.20 Å². The number of rotatable bonds is 5. The van der Waals surface area contributed by atoms with Gasteiger partial charge < -0.3 is 10.6 Å². The summed E-state index contributed by atoms with van der Waals surface area (Å²) in [7, 11) is 0. The fourth-order valence-corrected chi connectivity index (χ4v) is 5.56. The number of hydrogen-bond acceptors (Lipinski definition) is 7. The Morgan fingerprint density at radius 1 is 1.34 bits per heavy atom. The van der Waals surface area contributed by atoms with Gasteiger partial charge in [-0.05, 0) is 49.2 Å². The van der Waals surface area contributed by atoms with Gasteiger partial charge in [-0.25, -0.2) is 4.68 Å². The first-order valence-electron chi connectivity index (χ1n) is 11.3. The zero-order valence-corrected chi connectivity index (χ0v) is 20.2. The average Bonchev–Trinajstić information content (AvgIpc) is 3.42. The molecule has 3 N–H and O–H groups in total. The fraction of sp³-hybridized carbons (Fsp3) is 0.240. The van der Waals surface area contributed by atoms with Gasteiger partial charge in [0, 0.05) is 36.2 Å². The number of carbonyl (C=O) groups excluding carboxylic acids is 1. The number of nitrogens with zero attached hydrogens (tertiary/aromatic N) is 5. The molecule has 1 amide bonds. The summed E-state index contributed by atoms with van der Waals surface area (Å²) in [5, 5.41) is 26.9. The fourth-order valence-electron chi connectivity index (χ4n) is 4.27. The van der Waals surface area contributed by atoms with Crippen molar-refractivity contribution in [3.8, 4) is 17.5 Å². The minimum Gasteiger partial charge on any atom is -0.369 e. The van der Waals surface area contributed by atoms with Gasteiger partial charge in [-0.1, -0.05) is 12.1 Å². The standard InChI is InChI=1S/C25H24N8OS/c1-3-33-24-20(21(32-33)19-6-4-5-9-27-19)22(35-11-10-28-24)18-8-7-16(12-15(18)2)25(34)30-23-17(13-26)14-29-31-23/h4-9,12,14,22,28H,3,10-11H2,1-2H3,(H2,29,30,31,34). The summed E-state index contributed by atoms with van der Waals surface area (Å²) in [5.74, 6) is 1.95. The molecular weight excluding hydrogens is 460 g/mol. The lowest BCUT2D eigenvalue weighted by Crippen LogP contribution is -2.14. The van der Waals surface area contributed by atoms with Gasteiger partial charge in [0.1, 0.15) is 29.0 Å². The van der Waals surface area contributed by atoms with Crippen LogP contribution in [-0.2, 0) is 6.54 Å². The maximum atomic E-state index is 12.8. The second-order valence-corrected chi connectivity index (χ2v) is 9.33. The van der Waals surface area contributed by atoms with E-state index in [-0.39, 0.29) is 16.7 Å². The van der Waals surface area contributed by atoms with Gasteiger partial charge in [-0.3, -0.25) is 14.9 Å². The molecule has 0 radical (unpaired) electrons. The molecule has 9 nitrogen and oxygen atoms in total. The van der Waals surface area contributed by atoms with Gasteiger partial charge in [0.05, 0.1) is 17.1 Å². The Hall–Kier alpha value is -4.10. The molecule has 35 heavy (non-hydrogen) atoms. The molecule has 0 aliphatic carbocycles. The van der Waals surface area contributed by atoms with Crippen molar-refractivity contribution in [1.29, 1.82) is 5.26 Å². The van der Waals surface area contributed by atoms with Crippen LogP contribution < -0.4 is 10.6 Å². The van der Waals surface area contributed by atoms with Gasteiger partial charge in [0.25, 0.3) is 5.91 Å². The van der Waals surface area contributed by atoms with Crippen molar-refractivity contribution in [1.82, 2.24) is 25.0 Å². The van der Waals surface area contributed by atoms with Gasteiger partial charge in [-0.2, -0.15) is 15.5 Å². The van der Waals surface area contributed by atoms with E-state index >= 15 is 0 Å². The van der Waals surface area contributed by atoms with E-state index in [0.717, 1.165) is 52.7 Å². The molecule has 5 rings (SSSR count). The van der Waals surface area contributed by atoms with Crippen molar-refractivity contribution in [2.75, 3.05) is 22.9 Å². The largest absolute Gasteiger partial charge is 0.369 e. The topological polar surface area (TPSA) is 124 Å². The minimum atomic E-state index is -0.302. The Labute approximate surface area is 207 Å². The number of aromatic amines is 1. The maximum Gasteiger partial charge on any atom is 0.256 e. The predicted octanol–water partition coefficient (Wildman–Crippen LogP) is 4.37. The predicted molar refractivity (Wildman–Crippen MR) is 136 cm³/mol. The molecule has 4 heterocycles. The molecule has 0 fully saturated rings. The molecule has 3 aromatic heterocycles. The number of carbonyl (C=O) groups is 1. The number of aryl methyl sites for hydroxylation is 2. The van der Waals surface area contributed by atoms with Gasteiger partial charge >= 0.3 is 0 Å². The SMILES string of the molecule is CCn1nc(-c2ccccn2)c2c1NCCSC2c1ccc(C(=O)Nc2[nH]ncc2C#N)cc1C. The van der Waals surface area contributed by atoms with E-state index in [2.05, 4.69) is 32.7 Å². The molecule has 0 saturated heterocycles. The first-order valence-corrected chi connectivity index (χ1v) is 12.4. The third-order valence-corrected chi connectivity index (χ3v) is 7.21. The molecule has 0 saturated carbocycles. The Kier molecular flexibility index (Phi) is 6.25. The van der Waals surface area contributed by atoms with Crippen LogP contribution in [0.1, 0.15) is 44.8 Å². The molecular formula is C25H24N8OS. The quantitative estimate of drug-likeness (QED) is 0.384. The normalized spacial score (nSPS) is 14.9. The molecule has 1 aliphatic rings. The second-order valence-electron chi connectivity index (χ2n) is 8.12. The lowest BCUT2D eigenvalue weighted by atomic mass is 9.96. The summed E-state index contributed by atoms with van der Waals surface area (Å²) < 4.78 is 2.01. The number of amides is 1. The number of fused-ring (bicyclic) bond motifs is 1. The van der Waals surface area contributed by atoms with Crippen LogP contribution in [-0.4, -0.2) is 43.2 Å². The molecule has 0 spiro atoms. The smallest absolute Gasteiger partial charge is 0.256 e. The highest BCUT2D eigenvalue weighted by molar-refractivity contribution is 7.99. The van der Waals surface area contributed by atoms with Crippen LogP contribution in [0.3, 0.4) is 0 Å². The summed E-state index contributed by atoms with van der Waals surface area (Å²) in [5.41, 5.74) is 5.76. The third-order valence-electron chi connectivity index (χ3n) is 5.95. The second kappa shape index (κ2) is 9.64. The Morgan fingerprint density at radius 2 is 2.23 bits per heavy atom. The molecule has 10 heteroatoms. The number of thioether (sulfide) groups is 1. The number of pyridine rings is 1. The number of aromatic nitrogens is 5. The monoisotopic (exact) mass is 484 g/mol. The van der Waals surface area contributed by atoms with E-state index < -0.39 is 0 Å². The Balaban J connectivity index is 1.53. The number of anilines is 2. The average molecular weight is 485 g/mol. The van der Waals surface area contributed by atoms with Gasteiger partial charge in [0.15, 0.2) is 0 Å². The zero-order valence-electron chi connectivity index (χ0n) is 19.4. The molecule has 0 bridgehead atoms. The van der Waals surface area contributed by atoms with Crippen LogP contribution in [0.2, 0.25) is 0 Å². The third kappa shape index (κ3) is 4.26. The Morgan fingerprint density at radius 3 is 2.97 bits per heavy atom. The van der Waals surface area contributed by atoms with E-state index in [4.69, 9.17) is 10.4 Å². The van der Waals surface area contributed by atoms with Crippen molar-refractivity contribution in [3.05, 3.63) is 76.6 Å². The van der Waals surface area contributed by atoms with Gasteiger partial charge in [-0.15, -0.1) is 11.8 Å². The Bertz CT molecular complexity index is 1420. The lowest BCUT2D eigenvalue weighted by molar-refractivity contribution is 0.102. The van der Waals surface area contributed by atoms with Crippen molar-refractivity contribution < 1.29 is 4.79 Å². The summed E-state index contributed by atoms with van der Waals surface area (Å²) in [4.78, 5) is 17.4. The van der Waals surface area contributed by atoms with Gasteiger partial charge in [0.2, 0.25) is 0 Å². The van der Waals surface area contributed by atoms with Crippen molar-refractivity contribution in [3.63, 3.8) is 0 Å². The summed E-state index contributed by atoms with van der Waals surface area (Å²) in [6.45, 7) is 5.69.